The molecule has 18 heavy (non-hydrogen) atoms. The highest BCUT2D eigenvalue weighted by Gasteiger charge is 2.12. The number of rotatable bonds is 6. The minimum absolute atomic E-state index is 0.119. The molecule has 0 saturated carbocycles. The zero-order chi connectivity index (χ0) is 13.5. The molecular formula is C12H15BrN2O3. The van der Waals surface area contributed by atoms with Gasteiger partial charge in [0.15, 0.2) is 0 Å². The molecule has 1 unspecified atom stereocenters. The fourth-order valence-electron chi connectivity index (χ4n) is 1.39. The van der Waals surface area contributed by atoms with Crippen LogP contribution in [0.15, 0.2) is 22.9 Å². The van der Waals surface area contributed by atoms with E-state index in [9.17, 15) is 9.59 Å². The van der Waals surface area contributed by atoms with Crippen molar-refractivity contribution in [2.45, 2.75) is 19.8 Å². The van der Waals surface area contributed by atoms with Crippen molar-refractivity contribution in [2.24, 2.45) is 5.92 Å². The van der Waals surface area contributed by atoms with Crippen molar-refractivity contribution in [1.82, 2.24) is 10.3 Å². The number of pyridine rings is 1. The lowest BCUT2D eigenvalue weighted by molar-refractivity contribution is -0.137. The number of nitrogens with one attached hydrogen (secondary N) is 1. The number of hydrogen-bond donors (Lipinski definition) is 2. The van der Waals surface area contributed by atoms with Crippen LogP contribution in [0, 0.1) is 5.92 Å². The van der Waals surface area contributed by atoms with Crippen molar-refractivity contribution in [3.63, 3.8) is 0 Å². The van der Waals surface area contributed by atoms with Gasteiger partial charge in [0, 0.05) is 19.2 Å². The van der Waals surface area contributed by atoms with Crippen molar-refractivity contribution in [3.8, 4) is 0 Å². The van der Waals surface area contributed by atoms with E-state index >= 15 is 0 Å². The molecule has 1 amide bonds. The topological polar surface area (TPSA) is 79.3 Å². The normalized spacial score (nSPS) is 11.9. The van der Waals surface area contributed by atoms with Crippen LogP contribution in [0.1, 0.15) is 30.1 Å². The van der Waals surface area contributed by atoms with E-state index in [0.29, 0.717) is 23.1 Å². The number of carbonyl (C=O) groups excluding carboxylic acids is 1. The van der Waals surface area contributed by atoms with Crippen LogP contribution in [-0.4, -0.2) is 28.5 Å². The molecule has 0 aromatic carbocycles. The van der Waals surface area contributed by atoms with Crippen LogP contribution in [0.4, 0.5) is 0 Å². The first-order valence-electron chi connectivity index (χ1n) is 5.61. The molecule has 1 heterocycles. The van der Waals surface area contributed by atoms with Crippen LogP contribution in [-0.2, 0) is 4.79 Å². The first kappa shape index (κ1) is 14.6. The van der Waals surface area contributed by atoms with E-state index in [0.717, 1.165) is 0 Å². The molecule has 0 spiro atoms. The molecule has 0 aliphatic carbocycles. The van der Waals surface area contributed by atoms with E-state index in [2.05, 4.69) is 26.2 Å². The SMILES string of the molecule is CC(CCC(=O)O)CNC(=O)c1cccnc1Br. The Hall–Kier alpha value is -1.43. The summed E-state index contributed by atoms with van der Waals surface area (Å²) < 4.78 is 0.501. The molecule has 5 nitrogen and oxygen atoms in total. The predicted molar refractivity (Wildman–Crippen MR) is 70.3 cm³/mol. The Labute approximate surface area is 114 Å². The van der Waals surface area contributed by atoms with E-state index in [1.165, 1.54) is 0 Å². The lowest BCUT2D eigenvalue weighted by Crippen LogP contribution is -2.28. The lowest BCUT2D eigenvalue weighted by Gasteiger charge is -2.11. The summed E-state index contributed by atoms with van der Waals surface area (Å²) in [5, 5.41) is 11.3. The third kappa shape index (κ3) is 4.83. The Morgan fingerprint density at radius 2 is 2.28 bits per heavy atom. The van der Waals surface area contributed by atoms with Gasteiger partial charge in [0.25, 0.3) is 5.91 Å². The highest BCUT2D eigenvalue weighted by molar-refractivity contribution is 9.10. The van der Waals surface area contributed by atoms with Crippen molar-refractivity contribution in [1.29, 1.82) is 0 Å². The number of aliphatic carboxylic acids is 1. The Kier molecular flexibility index (Phi) is 5.77. The van der Waals surface area contributed by atoms with Crippen LogP contribution in [0.5, 0.6) is 0 Å². The van der Waals surface area contributed by atoms with Gasteiger partial charge in [-0.05, 0) is 40.4 Å². The minimum Gasteiger partial charge on any atom is -0.481 e. The van der Waals surface area contributed by atoms with Gasteiger partial charge in [-0.1, -0.05) is 6.92 Å². The van der Waals surface area contributed by atoms with Crippen LogP contribution >= 0.6 is 15.9 Å². The van der Waals surface area contributed by atoms with Gasteiger partial charge in [-0.3, -0.25) is 9.59 Å². The van der Waals surface area contributed by atoms with E-state index in [4.69, 9.17) is 5.11 Å². The van der Waals surface area contributed by atoms with E-state index in [1.54, 1.807) is 18.3 Å². The van der Waals surface area contributed by atoms with Gasteiger partial charge in [0.2, 0.25) is 0 Å². The van der Waals surface area contributed by atoms with Crippen molar-refractivity contribution in [2.75, 3.05) is 6.54 Å². The number of carboxylic acid groups (broad SMARTS) is 1. The summed E-state index contributed by atoms with van der Waals surface area (Å²) in [6.07, 6.45) is 2.26. The number of amides is 1. The molecule has 1 aromatic rings. The monoisotopic (exact) mass is 314 g/mol. The van der Waals surface area contributed by atoms with Gasteiger partial charge in [0.1, 0.15) is 4.60 Å². The molecule has 0 aliphatic rings. The molecule has 98 valence electrons. The molecule has 1 rings (SSSR count). The maximum absolute atomic E-state index is 11.8. The Morgan fingerprint density at radius 1 is 1.56 bits per heavy atom. The summed E-state index contributed by atoms with van der Waals surface area (Å²) in [6.45, 7) is 2.36. The first-order chi connectivity index (χ1) is 8.50. The fourth-order valence-corrected chi connectivity index (χ4v) is 1.82. The zero-order valence-electron chi connectivity index (χ0n) is 10.0. The zero-order valence-corrected chi connectivity index (χ0v) is 11.6. The molecular weight excluding hydrogens is 300 g/mol. The second-order valence-electron chi connectivity index (χ2n) is 4.09. The molecule has 1 aromatic heterocycles. The number of carbonyl (C=O) groups is 2. The summed E-state index contributed by atoms with van der Waals surface area (Å²) in [5.41, 5.74) is 0.475. The van der Waals surface area contributed by atoms with Gasteiger partial charge in [-0.2, -0.15) is 0 Å². The maximum atomic E-state index is 11.8. The number of halogens is 1. The summed E-state index contributed by atoms with van der Waals surface area (Å²) in [7, 11) is 0. The highest BCUT2D eigenvalue weighted by Crippen LogP contribution is 2.12. The summed E-state index contributed by atoms with van der Waals surface area (Å²) in [5.74, 6) is -0.902. The average molecular weight is 315 g/mol. The van der Waals surface area contributed by atoms with Crippen LogP contribution in [0.2, 0.25) is 0 Å². The molecule has 0 saturated heterocycles. The molecule has 0 bridgehead atoms. The number of carboxylic acids is 1. The summed E-state index contributed by atoms with van der Waals surface area (Å²) in [4.78, 5) is 26.2. The van der Waals surface area contributed by atoms with E-state index in [-0.39, 0.29) is 18.2 Å². The van der Waals surface area contributed by atoms with Crippen LogP contribution in [0.25, 0.3) is 0 Å². The maximum Gasteiger partial charge on any atom is 0.303 e. The van der Waals surface area contributed by atoms with Gasteiger partial charge in [-0.25, -0.2) is 4.98 Å². The summed E-state index contributed by atoms with van der Waals surface area (Å²) >= 11 is 3.20. The second-order valence-corrected chi connectivity index (χ2v) is 4.84. The van der Waals surface area contributed by atoms with Gasteiger partial charge < -0.3 is 10.4 Å². The standard InChI is InChI=1S/C12H15BrN2O3/c1-8(4-5-10(16)17)7-15-12(18)9-3-2-6-14-11(9)13/h2-3,6,8H,4-5,7H2,1H3,(H,15,18)(H,16,17). The Bertz CT molecular complexity index is 437. The quantitative estimate of drug-likeness (QED) is 0.788. The van der Waals surface area contributed by atoms with Crippen molar-refractivity contribution >= 4 is 27.8 Å². The van der Waals surface area contributed by atoms with E-state index < -0.39 is 5.97 Å². The molecule has 6 heteroatoms. The summed E-state index contributed by atoms with van der Waals surface area (Å²) in [6, 6.07) is 3.36. The molecule has 2 N–H and O–H groups in total. The largest absolute Gasteiger partial charge is 0.481 e. The molecule has 1 atom stereocenters. The minimum atomic E-state index is -0.816. The third-order valence-electron chi connectivity index (χ3n) is 2.47. The second kappa shape index (κ2) is 7.10. The van der Waals surface area contributed by atoms with Gasteiger partial charge in [-0.15, -0.1) is 0 Å². The smallest absolute Gasteiger partial charge is 0.303 e. The van der Waals surface area contributed by atoms with Crippen molar-refractivity contribution < 1.29 is 14.7 Å². The number of aromatic nitrogens is 1. The number of nitrogens with zero attached hydrogens (tertiary/aromatic N) is 1. The molecule has 0 fully saturated rings. The number of hydrogen-bond acceptors (Lipinski definition) is 3. The van der Waals surface area contributed by atoms with Gasteiger partial charge >= 0.3 is 5.97 Å². The van der Waals surface area contributed by atoms with Crippen LogP contribution in [0.3, 0.4) is 0 Å². The molecule has 0 radical (unpaired) electrons. The highest BCUT2D eigenvalue weighted by atomic mass is 79.9. The Balaban J connectivity index is 2.42. The average Bonchev–Trinajstić information content (AvgIpc) is 2.34. The van der Waals surface area contributed by atoms with Crippen molar-refractivity contribution in [3.05, 3.63) is 28.5 Å². The lowest BCUT2D eigenvalue weighted by atomic mass is 10.1. The Morgan fingerprint density at radius 3 is 2.89 bits per heavy atom. The fraction of sp³-hybridized carbons (Fsp3) is 0.417. The van der Waals surface area contributed by atoms with E-state index in [1.807, 2.05) is 6.92 Å². The van der Waals surface area contributed by atoms with Gasteiger partial charge in [0.05, 0.1) is 5.56 Å². The van der Waals surface area contributed by atoms with Crippen LogP contribution < -0.4 is 5.32 Å². The predicted octanol–water partition coefficient (Wildman–Crippen LogP) is 2.07. The first-order valence-corrected chi connectivity index (χ1v) is 6.40. The third-order valence-corrected chi connectivity index (χ3v) is 3.10. The molecule has 0 aliphatic heterocycles.